The van der Waals surface area contributed by atoms with Crippen LogP contribution < -0.4 is 10.1 Å². The lowest BCUT2D eigenvalue weighted by molar-refractivity contribution is 0.0693. The Morgan fingerprint density at radius 2 is 1.78 bits per heavy atom. The highest BCUT2D eigenvalue weighted by molar-refractivity contribution is 5.92. The van der Waals surface area contributed by atoms with Crippen LogP contribution in [-0.2, 0) is 0 Å². The van der Waals surface area contributed by atoms with Gasteiger partial charge in [-0.25, -0.2) is 4.79 Å². The van der Waals surface area contributed by atoms with Crippen LogP contribution in [0.4, 0.5) is 0 Å². The second-order valence-electron chi connectivity index (χ2n) is 9.58. The molecule has 2 atom stereocenters. The highest BCUT2D eigenvalue weighted by Crippen LogP contribution is 2.31. The van der Waals surface area contributed by atoms with E-state index in [2.05, 4.69) is 59.5 Å². The molecule has 0 aliphatic rings. The van der Waals surface area contributed by atoms with E-state index in [0.717, 1.165) is 28.7 Å². The van der Waals surface area contributed by atoms with Gasteiger partial charge in [-0.05, 0) is 93.8 Å². The Bertz CT molecular complexity index is 908. The predicted octanol–water partition coefficient (Wildman–Crippen LogP) is 8.86. The van der Waals surface area contributed by atoms with E-state index in [4.69, 9.17) is 4.74 Å². The number of methoxy groups -OCH3 is 1. The van der Waals surface area contributed by atoms with Gasteiger partial charge in [-0.3, -0.25) is 0 Å². The van der Waals surface area contributed by atoms with Crippen LogP contribution in [0.2, 0.25) is 0 Å². The minimum atomic E-state index is -0.990. The van der Waals surface area contributed by atoms with Gasteiger partial charge in [-0.1, -0.05) is 77.0 Å². The summed E-state index contributed by atoms with van der Waals surface area (Å²) in [4.78, 5) is 11.5. The lowest BCUT2D eigenvalue weighted by Gasteiger charge is -2.18. The summed E-state index contributed by atoms with van der Waals surface area (Å²) in [5, 5.41) is 12.9. The average Bonchev–Trinajstić information content (AvgIpc) is 2.87. The molecule has 0 radical (unpaired) electrons. The minimum absolute atomic E-state index is 0.174. The first kappa shape index (κ1) is 33.4. The van der Waals surface area contributed by atoms with Crippen molar-refractivity contribution in [2.24, 2.45) is 5.92 Å². The van der Waals surface area contributed by atoms with E-state index in [1.54, 1.807) is 12.1 Å². The number of rotatable bonds is 14. The topological polar surface area (TPSA) is 58.6 Å². The maximum absolute atomic E-state index is 11.5. The van der Waals surface area contributed by atoms with Gasteiger partial charge in [-0.2, -0.15) is 0 Å². The number of hydrogen-bond acceptors (Lipinski definition) is 3. The number of carbonyl (C=O) groups is 1. The zero-order chi connectivity index (χ0) is 27.7. The number of hydrogen-bond donors (Lipinski definition) is 2. The number of allylic oxidation sites excluding steroid dienone is 7. The van der Waals surface area contributed by atoms with Gasteiger partial charge in [0.15, 0.2) is 0 Å². The summed E-state index contributed by atoms with van der Waals surface area (Å²) in [7, 11) is 1.48. The molecule has 4 heteroatoms. The van der Waals surface area contributed by atoms with Gasteiger partial charge < -0.3 is 15.2 Å². The summed E-state index contributed by atoms with van der Waals surface area (Å²) in [6.45, 7) is 22.2. The molecule has 36 heavy (non-hydrogen) atoms. The van der Waals surface area contributed by atoms with Crippen LogP contribution in [0.1, 0.15) is 103 Å². The molecule has 0 aromatic heterocycles. The van der Waals surface area contributed by atoms with E-state index in [0.29, 0.717) is 17.7 Å². The first-order valence-corrected chi connectivity index (χ1v) is 13.4. The smallest absolute Gasteiger partial charge is 0.339 e. The fourth-order valence-corrected chi connectivity index (χ4v) is 3.60. The van der Waals surface area contributed by atoms with Gasteiger partial charge >= 0.3 is 5.97 Å². The van der Waals surface area contributed by atoms with E-state index < -0.39 is 5.97 Å². The quantitative estimate of drug-likeness (QED) is 0.199. The second-order valence-corrected chi connectivity index (χ2v) is 9.58. The molecule has 0 spiro atoms. The van der Waals surface area contributed by atoms with Gasteiger partial charge in [0.25, 0.3) is 0 Å². The summed E-state index contributed by atoms with van der Waals surface area (Å²) < 4.78 is 5.15. The molecule has 4 nitrogen and oxygen atoms in total. The first-order valence-electron chi connectivity index (χ1n) is 13.4. The Morgan fingerprint density at radius 3 is 2.28 bits per heavy atom. The summed E-state index contributed by atoms with van der Waals surface area (Å²) in [6, 6.07) is 6.00. The molecule has 0 bridgehead atoms. The van der Waals surface area contributed by atoms with Crippen LogP contribution >= 0.6 is 0 Å². The fraction of sp³-hybridized carbons (Fsp3) is 0.531. The number of benzene rings is 1. The monoisotopic (exact) mass is 497 g/mol. The summed E-state index contributed by atoms with van der Waals surface area (Å²) in [5.74, 6) is -0.220. The molecule has 1 rings (SSSR count). The molecule has 0 aliphatic heterocycles. The van der Waals surface area contributed by atoms with Gasteiger partial charge in [-0.15, -0.1) is 0 Å². The number of carboxylic acids is 1. The van der Waals surface area contributed by atoms with Crippen LogP contribution in [0.15, 0.2) is 59.7 Å². The molecule has 0 aliphatic carbocycles. The van der Waals surface area contributed by atoms with Crippen molar-refractivity contribution < 1.29 is 14.6 Å². The number of ether oxygens (including phenoxy) is 1. The van der Waals surface area contributed by atoms with Gasteiger partial charge in [0.05, 0.1) is 7.11 Å². The third-order valence-corrected chi connectivity index (χ3v) is 6.54. The number of unbranched alkanes of at least 4 members (excludes halogenated alkanes) is 2. The Morgan fingerprint density at radius 1 is 1.11 bits per heavy atom. The molecule has 0 heterocycles. The van der Waals surface area contributed by atoms with Crippen molar-refractivity contribution in [1.29, 1.82) is 0 Å². The molecule has 2 unspecified atom stereocenters. The molecule has 0 amide bonds. The maximum Gasteiger partial charge on any atom is 0.339 e. The first-order chi connectivity index (χ1) is 17.0. The standard InChI is InChI=1S/C23H30O3.C9H21N/c1-8-16(4)20(11-9-10-15(2)3)18(6)17(5)19-12-13-22(26-7)21(14-19)23(24)25;1-4-6-7-8-10-9(3)5-2/h9-14,16H,2,8H2,1,3-7H3,(H,24,25);9-10H,4-8H2,1-3H3/b10-9-,18-17-,20-11+;. The van der Waals surface area contributed by atoms with E-state index in [-0.39, 0.29) is 5.56 Å². The highest BCUT2D eigenvalue weighted by atomic mass is 16.5. The third-order valence-electron chi connectivity index (χ3n) is 6.54. The molecular formula is C32H51NO3. The predicted molar refractivity (Wildman–Crippen MR) is 157 cm³/mol. The van der Waals surface area contributed by atoms with Crippen molar-refractivity contribution in [3.8, 4) is 5.75 Å². The Labute approximate surface area is 221 Å². The lowest BCUT2D eigenvalue weighted by atomic mass is 9.87. The summed E-state index contributed by atoms with van der Waals surface area (Å²) in [5.41, 5.74) is 5.53. The van der Waals surface area contributed by atoms with Gasteiger partial charge in [0.1, 0.15) is 11.3 Å². The number of nitrogens with one attached hydrogen (secondary N) is 1. The van der Waals surface area contributed by atoms with Crippen LogP contribution in [0.25, 0.3) is 5.57 Å². The molecule has 1 aromatic carbocycles. The number of carboxylic acid groups (broad SMARTS) is 1. The SMILES string of the molecule is C=C(C)\C=C/C=C(/C(C)=C(/C)c1ccc(OC)c(C(=O)O)c1)C(C)CC.CCCCCNC(C)CC. The largest absolute Gasteiger partial charge is 0.496 e. The lowest BCUT2D eigenvalue weighted by Crippen LogP contribution is -2.25. The van der Waals surface area contributed by atoms with Crippen LogP contribution in [0.5, 0.6) is 5.75 Å². The molecule has 202 valence electrons. The normalized spacial score (nSPS) is 14.0. The highest BCUT2D eigenvalue weighted by Gasteiger charge is 2.15. The van der Waals surface area contributed by atoms with E-state index in [1.165, 1.54) is 44.9 Å². The Kier molecular flexibility index (Phi) is 17.3. The van der Waals surface area contributed by atoms with Crippen molar-refractivity contribution in [2.75, 3.05) is 13.7 Å². The average molecular weight is 498 g/mol. The summed E-state index contributed by atoms with van der Waals surface area (Å²) >= 11 is 0. The van der Waals surface area contributed by atoms with E-state index in [9.17, 15) is 9.90 Å². The molecule has 2 N–H and O–H groups in total. The van der Waals surface area contributed by atoms with Crippen LogP contribution in [-0.4, -0.2) is 30.8 Å². The van der Waals surface area contributed by atoms with Crippen LogP contribution in [0, 0.1) is 5.92 Å². The van der Waals surface area contributed by atoms with Gasteiger partial charge in [0.2, 0.25) is 0 Å². The van der Waals surface area contributed by atoms with Crippen LogP contribution in [0.3, 0.4) is 0 Å². The minimum Gasteiger partial charge on any atom is -0.496 e. The van der Waals surface area contributed by atoms with Crippen molar-refractivity contribution >= 4 is 11.5 Å². The van der Waals surface area contributed by atoms with Gasteiger partial charge in [0, 0.05) is 6.04 Å². The molecule has 0 saturated heterocycles. The Hall–Kier alpha value is -2.59. The van der Waals surface area contributed by atoms with Crippen molar-refractivity contribution in [1.82, 2.24) is 5.32 Å². The number of aromatic carboxylic acids is 1. The molecule has 1 aromatic rings. The molecule has 0 fully saturated rings. The fourth-order valence-electron chi connectivity index (χ4n) is 3.60. The van der Waals surface area contributed by atoms with E-state index >= 15 is 0 Å². The third kappa shape index (κ3) is 12.4. The maximum atomic E-state index is 11.5. The second kappa shape index (κ2) is 18.6. The zero-order valence-corrected chi connectivity index (χ0v) is 24.3. The zero-order valence-electron chi connectivity index (χ0n) is 24.3. The van der Waals surface area contributed by atoms with Crippen molar-refractivity contribution in [3.63, 3.8) is 0 Å². The Balaban J connectivity index is 0.00000103. The molecule has 0 saturated carbocycles. The molecular weight excluding hydrogens is 446 g/mol. The van der Waals surface area contributed by atoms with Crippen molar-refractivity contribution in [3.05, 3.63) is 70.9 Å². The van der Waals surface area contributed by atoms with E-state index in [1.807, 2.05) is 32.1 Å². The summed E-state index contributed by atoms with van der Waals surface area (Å²) in [6.07, 6.45) is 12.4. The van der Waals surface area contributed by atoms with Crippen molar-refractivity contribution in [2.45, 2.75) is 93.5 Å².